The van der Waals surface area contributed by atoms with E-state index in [0.717, 1.165) is 5.38 Å². The number of hydrogen-bond acceptors (Lipinski definition) is 8. The van der Waals surface area contributed by atoms with E-state index in [-0.39, 0.29) is 29.6 Å². The molecule has 172 valence electrons. The molecule has 2 N–H and O–H groups in total. The molecule has 1 fully saturated rings. The standard InChI is InChI=1S/C19H22F3N7O2S/c1-8(2)13-15(30)26-12-9(3)23-18(27-14(12)28(13)4)24-10-5-29(6-10)16(31)11-7-32-17(25-11)19(20,21)22/h7-8,10,13H,5-6H2,1-4H3,(H,26,30)(H,23,24,27). The van der Waals surface area contributed by atoms with Crippen LogP contribution in [0.5, 0.6) is 0 Å². The fraction of sp³-hybridized carbons (Fsp3) is 0.526. The average Bonchev–Trinajstić information content (AvgIpc) is 3.15. The van der Waals surface area contributed by atoms with Crippen LogP contribution in [0, 0.1) is 12.8 Å². The molecule has 2 aromatic rings. The zero-order valence-corrected chi connectivity index (χ0v) is 18.6. The number of carbonyl (C=O) groups is 2. The maximum atomic E-state index is 12.7. The van der Waals surface area contributed by atoms with Gasteiger partial charge in [0.15, 0.2) is 10.8 Å². The van der Waals surface area contributed by atoms with Gasteiger partial charge in [0, 0.05) is 25.5 Å². The van der Waals surface area contributed by atoms with Crippen molar-refractivity contribution < 1.29 is 22.8 Å². The highest BCUT2D eigenvalue weighted by Crippen LogP contribution is 2.35. The number of thiazole rings is 1. The van der Waals surface area contributed by atoms with Crippen molar-refractivity contribution in [3.8, 4) is 0 Å². The molecule has 1 saturated heterocycles. The van der Waals surface area contributed by atoms with Crippen LogP contribution in [0.1, 0.15) is 35.0 Å². The van der Waals surface area contributed by atoms with Crippen LogP contribution in [0.2, 0.25) is 0 Å². The summed E-state index contributed by atoms with van der Waals surface area (Å²) in [5, 5.41) is 6.12. The van der Waals surface area contributed by atoms with Crippen molar-refractivity contribution in [2.75, 3.05) is 35.7 Å². The van der Waals surface area contributed by atoms with Gasteiger partial charge in [-0.1, -0.05) is 13.8 Å². The quantitative estimate of drug-likeness (QED) is 0.710. The summed E-state index contributed by atoms with van der Waals surface area (Å²) in [6.07, 6.45) is -4.56. The van der Waals surface area contributed by atoms with Crippen molar-refractivity contribution >= 4 is 40.6 Å². The van der Waals surface area contributed by atoms with Crippen molar-refractivity contribution in [2.24, 2.45) is 5.92 Å². The first-order chi connectivity index (χ1) is 15.0. The molecule has 1 unspecified atom stereocenters. The van der Waals surface area contributed by atoms with Gasteiger partial charge in [-0.25, -0.2) is 9.97 Å². The number of fused-ring (bicyclic) bond motifs is 1. The maximum Gasteiger partial charge on any atom is 0.443 e. The largest absolute Gasteiger partial charge is 0.443 e. The molecule has 9 nitrogen and oxygen atoms in total. The lowest BCUT2D eigenvalue weighted by Crippen LogP contribution is -2.57. The molecule has 1 atom stereocenters. The highest BCUT2D eigenvalue weighted by Gasteiger charge is 2.39. The van der Waals surface area contributed by atoms with Gasteiger partial charge in [0.2, 0.25) is 11.9 Å². The molecular weight excluding hydrogens is 447 g/mol. The lowest BCUT2D eigenvalue weighted by molar-refractivity contribution is -0.137. The van der Waals surface area contributed by atoms with Crippen LogP contribution in [0.4, 0.5) is 30.6 Å². The molecule has 32 heavy (non-hydrogen) atoms. The number of anilines is 3. The molecule has 4 heterocycles. The molecular formula is C19H22F3N7O2S. The summed E-state index contributed by atoms with van der Waals surface area (Å²) in [5.74, 6) is 0.394. The second-order valence-electron chi connectivity index (χ2n) is 8.21. The van der Waals surface area contributed by atoms with Crippen LogP contribution in [-0.2, 0) is 11.0 Å². The Morgan fingerprint density at radius 1 is 1.28 bits per heavy atom. The second-order valence-corrected chi connectivity index (χ2v) is 9.07. The van der Waals surface area contributed by atoms with E-state index in [1.165, 1.54) is 4.90 Å². The molecule has 0 bridgehead atoms. The van der Waals surface area contributed by atoms with Crippen LogP contribution in [0.25, 0.3) is 0 Å². The Hall–Kier alpha value is -2.96. The van der Waals surface area contributed by atoms with E-state index in [1.54, 1.807) is 6.92 Å². The summed E-state index contributed by atoms with van der Waals surface area (Å²) in [6.45, 7) is 6.27. The minimum Gasteiger partial charge on any atom is -0.348 e. The SMILES string of the molecule is Cc1nc(NC2CN(C(=O)c3csc(C(F)(F)F)n3)C2)nc2c1NC(=O)C(C(C)C)N2C. The number of nitrogens with zero attached hydrogens (tertiary/aromatic N) is 5. The van der Waals surface area contributed by atoms with Crippen molar-refractivity contribution in [3.63, 3.8) is 0 Å². The van der Waals surface area contributed by atoms with Crippen molar-refractivity contribution in [3.05, 3.63) is 21.8 Å². The number of aromatic nitrogens is 3. The highest BCUT2D eigenvalue weighted by molar-refractivity contribution is 7.09. The molecule has 0 radical (unpaired) electrons. The van der Waals surface area contributed by atoms with Gasteiger partial charge in [-0.2, -0.15) is 18.2 Å². The van der Waals surface area contributed by atoms with Gasteiger partial charge in [0.05, 0.1) is 11.7 Å². The first kappa shape index (κ1) is 22.2. The summed E-state index contributed by atoms with van der Waals surface area (Å²) in [6, 6.07) is -0.511. The minimum atomic E-state index is -4.56. The lowest BCUT2D eigenvalue weighted by Gasteiger charge is -2.40. The Labute approximate surface area is 186 Å². The normalized spacial score (nSPS) is 19.0. The molecule has 4 rings (SSSR count). The number of alkyl halides is 3. The van der Waals surface area contributed by atoms with Crippen LogP contribution < -0.4 is 15.5 Å². The third-order valence-electron chi connectivity index (χ3n) is 5.44. The Morgan fingerprint density at radius 3 is 2.56 bits per heavy atom. The fourth-order valence-corrected chi connectivity index (χ4v) is 4.52. The van der Waals surface area contributed by atoms with Crippen LogP contribution in [-0.4, -0.2) is 63.9 Å². The first-order valence-corrected chi connectivity index (χ1v) is 10.8. The van der Waals surface area contributed by atoms with Crippen LogP contribution in [0.15, 0.2) is 5.38 Å². The number of rotatable bonds is 4. The van der Waals surface area contributed by atoms with E-state index in [0.29, 0.717) is 47.6 Å². The molecule has 0 aliphatic carbocycles. The molecule has 0 aromatic carbocycles. The molecule has 0 spiro atoms. The van der Waals surface area contributed by atoms with Gasteiger partial charge in [0.1, 0.15) is 17.4 Å². The predicted molar refractivity (Wildman–Crippen MR) is 113 cm³/mol. The summed E-state index contributed by atoms with van der Waals surface area (Å²) >= 11 is 0.403. The Balaban J connectivity index is 1.42. The third-order valence-corrected chi connectivity index (χ3v) is 6.33. The Kier molecular flexibility index (Phi) is 5.47. The number of hydrogen-bond donors (Lipinski definition) is 2. The van der Waals surface area contributed by atoms with Crippen LogP contribution in [0.3, 0.4) is 0 Å². The molecule has 13 heteroatoms. The zero-order chi connectivity index (χ0) is 23.4. The molecule has 0 saturated carbocycles. The van der Waals surface area contributed by atoms with Crippen molar-refractivity contribution in [1.29, 1.82) is 0 Å². The number of likely N-dealkylation sites (N-methyl/N-ethyl adjacent to an activating group) is 1. The smallest absolute Gasteiger partial charge is 0.348 e. The lowest BCUT2D eigenvalue weighted by atomic mass is 9.99. The Bertz CT molecular complexity index is 1070. The van der Waals surface area contributed by atoms with E-state index in [9.17, 15) is 22.8 Å². The molecule has 2 aliphatic rings. The minimum absolute atomic E-state index is 0.0783. The summed E-state index contributed by atoms with van der Waals surface area (Å²) < 4.78 is 38.1. The number of halogens is 3. The van der Waals surface area contributed by atoms with Crippen molar-refractivity contribution in [1.82, 2.24) is 19.9 Å². The average molecular weight is 469 g/mol. The Morgan fingerprint density at radius 2 is 1.97 bits per heavy atom. The van der Waals surface area contributed by atoms with E-state index >= 15 is 0 Å². The van der Waals surface area contributed by atoms with E-state index in [2.05, 4.69) is 25.6 Å². The number of nitrogens with one attached hydrogen (secondary N) is 2. The molecule has 2 aliphatic heterocycles. The number of aryl methyl sites for hydroxylation is 1. The number of amides is 2. The van der Waals surface area contributed by atoms with Gasteiger partial charge >= 0.3 is 6.18 Å². The zero-order valence-electron chi connectivity index (χ0n) is 17.8. The summed E-state index contributed by atoms with van der Waals surface area (Å²) in [4.78, 5) is 40.4. The van der Waals surface area contributed by atoms with E-state index in [1.807, 2.05) is 25.8 Å². The van der Waals surface area contributed by atoms with E-state index in [4.69, 9.17) is 0 Å². The molecule has 2 amide bonds. The maximum absolute atomic E-state index is 12.7. The molecule has 2 aromatic heterocycles. The summed E-state index contributed by atoms with van der Waals surface area (Å²) in [5.41, 5.74) is 0.961. The van der Waals surface area contributed by atoms with Gasteiger partial charge < -0.3 is 20.4 Å². The van der Waals surface area contributed by atoms with Gasteiger partial charge in [-0.3, -0.25) is 9.59 Å². The van der Waals surface area contributed by atoms with Crippen molar-refractivity contribution in [2.45, 2.75) is 39.0 Å². The topological polar surface area (TPSA) is 103 Å². The predicted octanol–water partition coefficient (Wildman–Crippen LogP) is 2.61. The van der Waals surface area contributed by atoms with Gasteiger partial charge in [0.25, 0.3) is 5.91 Å². The number of carbonyl (C=O) groups excluding carboxylic acids is 2. The monoisotopic (exact) mass is 469 g/mol. The second kappa shape index (κ2) is 7.87. The fourth-order valence-electron chi connectivity index (χ4n) is 3.86. The van der Waals surface area contributed by atoms with Gasteiger partial charge in [-0.05, 0) is 12.8 Å². The first-order valence-electron chi connectivity index (χ1n) is 9.96. The third kappa shape index (κ3) is 3.96. The van der Waals surface area contributed by atoms with Gasteiger partial charge in [-0.15, -0.1) is 11.3 Å². The van der Waals surface area contributed by atoms with Crippen LogP contribution >= 0.6 is 11.3 Å². The highest BCUT2D eigenvalue weighted by atomic mass is 32.1. The number of likely N-dealkylation sites (tertiary alicyclic amines) is 1. The van der Waals surface area contributed by atoms with E-state index < -0.39 is 17.1 Å². The summed E-state index contributed by atoms with van der Waals surface area (Å²) in [7, 11) is 1.81.